The first-order valence-electron chi connectivity index (χ1n) is 9.88. The van der Waals surface area contributed by atoms with Gasteiger partial charge >= 0.3 is 6.18 Å². The number of ether oxygens (including phenoxy) is 1. The quantitative estimate of drug-likeness (QED) is 0.213. The molecule has 166 valence electrons. The summed E-state index contributed by atoms with van der Waals surface area (Å²) < 4.78 is 52.1. The van der Waals surface area contributed by atoms with E-state index in [0.717, 1.165) is 11.6 Å². The summed E-state index contributed by atoms with van der Waals surface area (Å²) in [5.41, 5.74) is 0.697. The largest absolute Gasteiger partial charge is 0.473 e. The summed E-state index contributed by atoms with van der Waals surface area (Å²) in [5, 5.41) is 0.0964. The first-order chi connectivity index (χ1) is 13.8. The van der Waals surface area contributed by atoms with Gasteiger partial charge in [-0.15, -0.1) is 0 Å². The highest BCUT2D eigenvalue weighted by Crippen LogP contribution is 2.36. The molecule has 0 N–H and O–H groups in total. The Bertz CT molecular complexity index is 851. The number of nitrogens with zero attached hydrogens (tertiary/aromatic N) is 1. The van der Waals surface area contributed by atoms with Gasteiger partial charge in [0.1, 0.15) is 11.2 Å². The molecule has 2 rings (SSSR count). The number of aromatic nitrogens is 1. The zero-order valence-corrected chi connectivity index (χ0v) is 20.7. The molecule has 0 amide bonds. The molecular formula is C22H29BrF3NO2Si. The second-order valence-corrected chi connectivity index (χ2v) is 14.4. The van der Waals surface area contributed by atoms with Crippen LogP contribution in [-0.4, -0.2) is 19.9 Å². The highest BCUT2D eigenvalue weighted by atomic mass is 79.9. The number of halogens is 4. The Balaban J connectivity index is 2.10. The van der Waals surface area contributed by atoms with Crippen LogP contribution in [0.1, 0.15) is 43.9 Å². The van der Waals surface area contributed by atoms with Crippen LogP contribution >= 0.6 is 15.9 Å². The molecular weight excluding hydrogens is 475 g/mol. The lowest BCUT2D eigenvalue weighted by Gasteiger charge is -2.36. The van der Waals surface area contributed by atoms with Gasteiger partial charge in [-0.25, -0.2) is 4.98 Å². The predicted molar refractivity (Wildman–Crippen MR) is 119 cm³/mol. The average molecular weight is 504 g/mol. The Morgan fingerprint density at radius 3 is 2.33 bits per heavy atom. The van der Waals surface area contributed by atoms with E-state index in [1.165, 1.54) is 12.1 Å². The summed E-state index contributed by atoms with van der Waals surface area (Å²) in [6.07, 6.45) is -3.24. The number of alkyl halides is 3. The van der Waals surface area contributed by atoms with Crippen molar-refractivity contribution >= 4 is 24.2 Å². The third-order valence-corrected chi connectivity index (χ3v) is 10.4. The summed E-state index contributed by atoms with van der Waals surface area (Å²) in [6, 6.07) is 9.09. The third-order valence-electron chi connectivity index (χ3n) is 5.46. The monoisotopic (exact) mass is 503 g/mol. The summed E-state index contributed by atoms with van der Waals surface area (Å²) in [5.74, 6) is 0.413. The minimum Gasteiger partial charge on any atom is -0.473 e. The van der Waals surface area contributed by atoms with Gasteiger partial charge in [0.05, 0.1) is 5.56 Å². The number of hydrogen-bond acceptors (Lipinski definition) is 3. The van der Waals surface area contributed by atoms with Crippen LogP contribution in [0.4, 0.5) is 13.2 Å². The lowest BCUT2D eigenvalue weighted by atomic mass is 10.00. The molecule has 0 atom stereocenters. The van der Waals surface area contributed by atoms with Crippen LogP contribution in [0.25, 0.3) is 0 Å². The molecule has 0 radical (unpaired) electrons. The van der Waals surface area contributed by atoms with Crippen molar-refractivity contribution < 1.29 is 22.3 Å². The van der Waals surface area contributed by atoms with E-state index in [4.69, 9.17) is 9.16 Å². The Kier molecular flexibility index (Phi) is 8.15. The Labute approximate surface area is 186 Å². The molecule has 0 aliphatic heterocycles. The van der Waals surface area contributed by atoms with E-state index in [9.17, 15) is 13.2 Å². The highest BCUT2D eigenvalue weighted by molar-refractivity contribution is 9.10. The van der Waals surface area contributed by atoms with Gasteiger partial charge < -0.3 is 9.16 Å². The van der Waals surface area contributed by atoms with Gasteiger partial charge in [-0.2, -0.15) is 13.2 Å². The minimum atomic E-state index is -4.38. The van der Waals surface area contributed by atoms with E-state index in [-0.39, 0.29) is 11.6 Å². The fourth-order valence-electron chi connectivity index (χ4n) is 2.60. The molecule has 1 heterocycles. The van der Waals surface area contributed by atoms with Gasteiger partial charge in [0.15, 0.2) is 8.32 Å². The molecule has 0 fully saturated rings. The normalized spacial score (nSPS) is 12.8. The second kappa shape index (κ2) is 9.83. The smallest absolute Gasteiger partial charge is 0.416 e. The number of aryl methyl sites for hydroxylation is 1. The van der Waals surface area contributed by atoms with E-state index in [2.05, 4.69) is 54.8 Å². The molecule has 0 aliphatic rings. The fraction of sp³-hybridized carbons (Fsp3) is 0.500. The fourth-order valence-corrected chi connectivity index (χ4v) is 4.02. The summed E-state index contributed by atoms with van der Waals surface area (Å²) in [6.45, 7) is 11.5. The molecule has 0 aliphatic carbocycles. The van der Waals surface area contributed by atoms with Crippen LogP contribution < -0.4 is 4.74 Å². The zero-order chi connectivity index (χ0) is 22.6. The molecule has 0 bridgehead atoms. The highest BCUT2D eigenvalue weighted by Gasteiger charge is 2.37. The van der Waals surface area contributed by atoms with E-state index in [1.807, 2.05) is 0 Å². The number of benzene rings is 1. The maximum Gasteiger partial charge on any atom is 0.416 e. The standard InChI is InChI=1S/C22H29BrF3NO2Si/c1-21(2,3)30(4,5)29-13-7-8-16-14-18(22(24,25)26)12-11-17(16)15-28-20-10-6-9-19(23)27-20/h6,9-12,14H,7-8,13,15H2,1-5H3. The SMILES string of the molecule is CC(C)(C)[Si](C)(C)OCCCc1cc(C(F)(F)F)ccc1COc1cccc(Br)n1. The molecule has 0 spiro atoms. The van der Waals surface area contributed by atoms with E-state index >= 15 is 0 Å². The van der Waals surface area contributed by atoms with Gasteiger partial charge in [0.2, 0.25) is 5.88 Å². The van der Waals surface area contributed by atoms with Gasteiger partial charge in [-0.1, -0.05) is 32.9 Å². The van der Waals surface area contributed by atoms with Crippen LogP contribution in [0.3, 0.4) is 0 Å². The molecule has 1 aromatic heterocycles. The minimum absolute atomic E-state index is 0.0964. The third kappa shape index (κ3) is 7.09. The van der Waals surface area contributed by atoms with Crippen molar-refractivity contribution in [2.75, 3.05) is 6.61 Å². The molecule has 0 saturated heterocycles. The lowest BCUT2D eigenvalue weighted by Crippen LogP contribution is -2.41. The summed E-state index contributed by atoms with van der Waals surface area (Å²) in [4.78, 5) is 4.20. The van der Waals surface area contributed by atoms with Gasteiger partial charge in [-0.3, -0.25) is 0 Å². The number of hydrogen-bond donors (Lipinski definition) is 0. The van der Waals surface area contributed by atoms with Crippen LogP contribution in [0.5, 0.6) is 5.88 Å². The van der Waals surface area contributed by atoms with E-state index in [1.54, 1.807) is 18.2 Å². The van der Waals surface area contributed by atoms with Crippen molar-refractivity contribution in [1.82, 2.24) is 4.98 Å². The Hall–Kier alpha value is -1.38. The maximum absolute atomic E-state index is 13.2. The van der Waals surface area contributed by atoms with Crippen LogP contribution in [-0.2, 0) is 23.6 Å². The predicted octanol–water partition coefficient (Wildman–Crippen LogP) is 7.40. The molecule has 0 unspecified atom stereocenters. The second-order valence-electron chi connectivity index (χ2n) is 8.78. The van der Waals surface area contributed by atoms with Crippen LogP contribution in [0, 0.1) is 0 Å². The summed E-state index contributed by atoms with van der Waals surface area (Å²) >= 11 is 3.28. The van der Waals surface area contributed by atoms with Crippen molar-refractivity contribution in [3.05, 3.63) is 57.7 Å². The molecule has 2 aromatic rings. The Morgan fingerprint density at radius 2 is 1.73 bits per heavy atom. The van der Waals surface area contributed by atoms with Crippen molar-refractivity contribution in [3.63, 3.8) is 0 Å². The molecule has 1 aromatic carbocycles. The van der Waals surface area contributed by atoms with Gasteiger partial charge in [-0.05, 0) is 76.2 Å². The maximum atomic E-state index is 13.2. The molecule has 0 saturated carbocycles. The van der Waals surface area contributed by atoms with Crippen molar-refractivity contribution in [3.8, 4) is 5.88 Å². The first kappa shape index (κ1) is 24.9. The molecule has 8 heteroatoms. The zero-order valence-electron chi connectivity index (χ0n) is 18.1. The van der Waals surface area contributed by atoms with Crippen molar-refractivity contribution in [1.29, 1.82) is 0 Å². The van der Waals surface area contributed by atoms with Crippen LogP contribution in [0.15, 0.2) is 41.0 Å². The van der Waals surface area contributed by atoms with Gasteiger partial charge in [0, 0.05) is 12.7 Å². The van der Waals surface area contributed by atoms with E-state index in [0.29, 0.717) is 35.5 Å². The van der Waals surface area contributed by atoms with Crippen molar-refractivity contribution in [2.45, 2.75) is 64.5 Å². The van der Waals surface area contributed by atoms with Crippen LogP contribution in [0.2, 0.25) is 18.1 Å². The van der Waals surface area contributed by atoms with E-state index < -0.39 is 20.1 Å². The van der Waals surface area contributed by atoms with Crippen molar-refractivity contribution in [2.24, 2.45) is 0 Å². The first-order valence-corrected chi connectivity index (χ1v) is 13.6. The lowest BCUT2D eigenvalue weighted by molar-refractivity contribution is -0.137. The number of rotatable bonds is 8. The average Bonchev–Trinajstić information content (AvgIpc) is 2.62. The molecule has 3 nitrogen and oxygen atoms in total. The summed E-state index contributed by atoms with van der Waals surface area (Å²) in [7, 11) is -1.88. The topological polar surface area (TPSA) is 31.4 Å². The number of pyridine rings is 1. The van der Waals surface area contributed by atoms with Gasteiger partial charge in [0.25, 0.3) is 0 Å². The Morgan fingerprint density at radius 1 is 1.03 bits per heavy atom. The molecule has 30 heavy (non-hydrogen) atoms.